The number of hydrogen-bond acceptors (Lipinski definition) is 2. The van der Waals surface area contributed by atoms with E-state index >= 15 is 0 Å². The van der Waals surface area contributed by atoms with Gasteiger partial charge in [-0.05, 0) is 35.4 Å². The fourth-order valence-electron chi connectivity index (χ4n) is 2.08. The van der Waals surface area contributed by atoms with Crippen molar-refractivity contribution in [3.8, 4) is 11.5 Å². The summed E-state index contributed by atoms with van der Waals surface area (Å²) in [4.78, 5) is 0. The van der Waals surface area contributed by atoms with Crippen LogP contribution in [0.1, 0.15) is 17.0 Å². The lowest BCUT2D eigenvalue weighted by Gasteiger charge is -2.09. The zero-order chi connectivity index (χ0) is 15.1. The largest absolute Gasteiger partial charge is 0.497 e. The monoisotopic (exact) mass is 280 g/mol. The Morgan fingerprint density at radius 3 is 1.86 bits per heavy atom. The second kappa shape index (κ2) is 7.34. The fraction of sp³-hybridized carbons (Fsp3) is 0.158. The van der Waals surface area contributed by atoms with E-state index in [4.69, 9.17) is 9.47 Å². The van der Waals surface area contributed by atoms with Crippen LogP contribution in [0.5, 0.6) is 11.5 Å². The predicted molar refractivity (Wildman–Crippen MR) is 88.0 cm³/mol. The Labute approximate surface area is 126 Å². The molecule has 2 heteroatoms. The summed E-state index contributed by atoms with van der Waals surface area (Å²) in [7, 11) is 3.34. The first-order valence-corrected chi connectivity index (χ1v) is 6.85. The van der Waals surface area contributed by atoms with Crippen molar-refractivity contribution in [3.05, 3.63) is 78.4 Å². The van der Waals surface area contributed by atoms with Gasteiger partial charge >= 0.3 is 0 Å². The summed E-state index contributed by atoms with van der Waals surface area (Å²) >= 11 is 0. The average molecular weight is 280 g/mol. The van der Waals surface area contributed by atoms with Crippen LogP contribution in [0.4, 0.5) is 0 Å². The summed E-state index contributed by atoms with van der Waals surface area (Å²) in [6.07, 6.45) is 6.16. The third-order valence-electron chi connectivity index (χ3n) is 3.37. The number of ether oxygens (including phenoxy) is 2. The topological polar surface area (TPSA) is 18.5 Å². The van der Waals surface area contributed by atoms with Crippen molar-refractivity contribution < 1.29 is 9.47 Å². The van der Waals surface area contributed by atoms with Crippen LogP contribution in [-0.2, 0) is 0 Å². The highest BCUT2D eigenvalue weighted by molar-refractivity contribution is 5.53. The smallest absolute Gasteiger partial charge is 0.118 e. The fourth-order valence-corrected chi connectivity index (χ4v) is 2.08. The molecule has 108 valence electrons. The lowest BCUT2D eigenvalue weighted by Crippen LogP contribution is -1.91. The van der Waals surface area contributed by atoms with Gasteiger partial charge in [-0.1, -0.05) is 42.5 Å². The molecule has 0 bridgehead atoms. The standard InChI is InChI=1S/C19H20O2/c1-4-16(17-9-13-19(21-3)14-10-17)8-5-15-6-11-18(20-2)12-7-15/h4-14,16H,1H2,2-3H3/b8-5-/t16-/m1/s1. The molecule has 0 aliphatic heterocycles. The van der Waals surface area contributed by atoms with Crippen LogP contribution < -0.4 is 9.47 Å². The summed E-state index contributed by atoms with van der Waals surface area (Å²) in [5.41, 5.74) is 2.33. The van der Waals surface area contributed by atoms with Gasteiger partial charge in [0.15, 0.2) is 0 Å². The SMILES string of the molecule is C=C[C@H](/C=C\c1ccc(OC)cc1)c1ccc(OC)cc1. The molecule has 1 atom stereocenters. The van der Waals surface area contributed by atoms with E-state index in [1.165, 1.54) is 5.56 Å². The molecule has 0 saturated heterocycles. The molecule has 0 aliphatic carbocycles. The molecule has 0 aliphatic rings. The number of hydrogen-bond donors (Lipinski definition) is 0. The summed E-state index contributed by atoms with van der Waals surface area (Å²) in [6, 6.07) is 16.0. The molecule has 0 spiro atoms. The normalized spacial score (nSPS) is 12.1. The number of methoxy groups -OCH3 is 2. The van der Waals surface area contributed by atoms with Gasteiger partial charge in [0, 0.05) is 5.92 Å². The summed E-state index contributed by atoms with van der Waals surface area (Å²) < 4.78 is 10.3. The van der Waals surface area contributed by atoms with Gasteiger partial charge in [-0.3, -0.25) is 0 Å². The first-order chi connectivity index (χ1) is 10.3. The van der Waals surface area contributed by atoms with E-state index in [9.17, 15) is 0 Å². The predicted octanol–water partition coefficient (Wildman–Crippen LogP) is 4.69. The minimum atomic E-state index is 0.179. The van der Waals surface area contributed by atoms with E-state index in [2.05, 4.69) is 30.9 Å². The molecule has 0 unspecified atom stereocenters. The lowest BCUT2D eigenvalue weighted by molar-refractivity contribution is 0.414. The molecule has 0 radical (unpaired) electrons. The van der Waals surface area contributed by atoms with E-state index in [1.807, 2.05) is 42.5 Å². The zero-order valence-electron chi connectivity index (χ0n) is 12.5. The van der Waals surface area contributed by atoms with Gasteiger partial charge in [0.25, 0.3) is 0 Å². The maximum Gasteiger partial charge on any atom is 0.118 e. The lowest BCUT2D eigenvalue weighted by atomic mass is 9.98. The van der Waals surface area contributed by atoms with Gasteiger partial charge in [-0.15, -0.1) is 6.58 Å². The Hall–Kier alpha value is -2.48. The van der Waals surface area contributed by atoms with Crippen molar-refractivity contribution in [2.24, 2.45) is 0 Å². The highest BCUT2D eigenvalue weighted by Gasteiger charge is 2.03. The van der Waals surface area contributed by atoms with Crippen molar-refractivity contribution in [2.75, 3.05) is 14.2 Å². The second-order valence-corrected chi connectivity index (χ2v) is 4.67. The molecule has 2 nitrogen and oxygen atoms in total. The van der Waals surface area contributed by atoms with Crippen molar-refractivity contribution in [3.63, 3.8) is 0 Å². The third-order valence-corrected chi connectivity index (χ3v) is 3.37. The molecule has 0 fully saturated rings. The third kappa shape index (κ3) is 3.99. The van der Waals surface area contributed by atoms with Gasteiger partial charge in [0.1, 0.15) is 11.5 Å². The second-order valence-electron chi connectivity index (χ2n) is 4.67. The summed E-state index contributed by atoms with van der Waals surface area (Å²) in [5.74, 6) is 1.90. The van der Waals surface area contributed by atoms with Crippen LogP contribution in [0.15, 0.2) is 67.3 Å². The molecule has 2 rings (SSSR count). The molecule has 2 aromatic carbocycles. The zero-order valence-corrected chi connectivity index (χ0v) is 12.5. The van der Waals surface area contributed by atoms with Crippen LogP contribution in [0, 0.1) is 0 Å². The summed E-state index contributed by atoms with van der Waals surface area (Å²) in [5, 5.41) is 0. The highest BCUT2D eigenvalue weighted by Crippen LogP contribution is 2.23. The molecule has 0 amide bonds. The van der Waals surface area contributed by atoms with Gasteiger partial charge < -0.3 is 9.47 Å². The first kappa shape index (κ1) is 14.9. The maximum atomic E-state index is 5.18. The first-order valence-electron chi connectivity index (χ1n) is 6.85. The summed E-state index contributed by atoms with van der Waals surface area (Å²) in [6.45, 7) is 3.92. The number of benzene rings is 2. The molecule has 0 N–H and O–H groups in total. The molecule has 0 saturated carbocycles. The van der Waals surface area contributed by atoms with Crippen molar-refractivity contribution in [1.29, 1.82) is 0 Å². The quantitative estimate of drug-likeness (QED) is 0.715. The maximum absolute atomic E-state index is 5.18. The van der Waals surface area contributed by atoms with Gasteiger partial charge in [-0.2, -0.15) is 0 Å². The minimum Gasteiger partial charge on any atom is -0.497 e. The van der Waals surface area contributed by atoms with Crippen LogP contribution >= 0.6 is 0 Å². The Balaban J connectivity index is 2.12. The molecule has 21 heavy (non-hydrogen) atoms. The molecule has 0 heterocycles. The van der Waals surface area contributed by atoms with E-state index in [-0.39, 0.29) is 5.92 Å². The van der Waals surface area contributed by atoms with E-state index < -0.39 is 0 Å². The van der Waals surface area contributed by atoms with E-state index in [1.54, 1.807) is 14.2 Å². The minimum absolute atomic E-state index is 0.179. The van der Waals surface area contributed by atoms with Crippen molar-refractivity contribution in [1.82, 2.24) is 0 Å². The Bertz CT molecular complexity index is 594. The van der Waals surface area contributed by atoms with Crippen LogP contribution in [0.2, 0.25) is 0 Å². The van der Waals surface area contributed by atoms with E-state index in [0.717, 1.165) is 17.1 Å². The highest BCUT2D eigenvalue weighted by atomic mass is 16.5. The Morgan fingerprint density at radius 2 is 1.38 bits per heavy atom. The van der Waals surface area contributed by atoms with Crippen LogP contribution in [0.25, 0.3) is 6.08 Å². The average Bonchev–Trinajstić information content (AvgIpc) is 2.56. The molecule has 0 aromatic heterocycles. The number of rotatable bonds is 6. The molecule has 2 aromatic rings. The molecular formula is C19H20O2. The van der Waals surface area contributed by atoms with Crippen molar-refractivity contribution in [2.45, 2.75) is 5.92 Å². The number of allylic oxidation sites excluding steroid dienone is 2. The molecular weight excluding hydrogens is 260 g/mol. The van der Waals surface area contributed by atoms with E-state index in [0.29, 0.717) is 0 Å². The van der Waals surface area contributed by atoms with Gasteiger partial charge in [-0.25, -0.2) is 0 Å². The van der Waals surface area contributed by atoms with Gasteiger partial charge in [0.2, 0.25) is 0 Å². The Kier molecular flexibility index (Phi) is 5.22. The van der Waals surface area contributed by atoms with Gasteiger partial charge in [0.05, 0.1) is 14.2 Å². The van der Waals surface area contributed by atoms with Crippen LogP contribution in [-0.4, -0.2) is 14.2 Å². The van der Waals surface area contributed by atoms with Crippen LogP contribution in [0.3, 0.4) is 0 Å². The Morgan fingerprint density at radius 1 is 0.857 bits per heavy atom. The van der Waals surface area contributed by atoms with Crippen molar-refractivity contribution >= 4 is 6.08 Å².